The molecule has 0 aromatic heterocycles. The maximum atomic E-state index is 5.94. The van der Waals surface area contributed by atoms with Crippen molar-refractivity contribution >= 4 is 17.3 Å². The van der Waals surface area contributed by atoms with Crippen LogP contribution < -0.4 is 0 Å². The maximum absolute atomic E-state index is 5.94. The summed E-state index contributed by atoms with van der Waals surface area (Å²) < 4.78 is 0. The topological polar surface area (TPSA) is 21.6 Å². The molecule has 0 bridgehead atoms. The third-order valence-corrected chi connectivity index (χ3v) is 3.27. The zero-order valence-corrected chi connectivity index (χ0v) is 12.0. The number of benzene rings is 2. The summed E-state index contributed by atoms with van der Waals surface area (Å²) in [6.07, 6.45) is 0. The zero-order valence-electron chi connectivity index (χ0n) is 11.3. The van der Waals surface area contributed by atoms with Crippen LogP contribution in [-0.4, -0.2) is 12.8 Å². The Kier molecular flexibility index (Phi) is 4.23. The molecule has 0 aliphatic heterocycles. The number of nitrogens with zero attached hydrogens (tertiary/aromatic N) is 1. The molecule has 0 radical (unpaired) electrons. The lowest BCUT2D eigenvalue weighted by atomic mass is 9.93. The van der Waals surface area contributed by atoms with Gasteiger partial charge in [-0.2, -0.15) is 0 Å². The van der Waals surface area contributed by atoms with E-state index in [0.29, 0.717) is 0 Å². The minimum Gasteiger partial charge on any atom is -0.399 e. The molecule has 2 aromatic carbocycles. The molecule has 0 fully saturated rings. The molecule has 2 nitrogen and oxygen atoms in total. The Morgan fingerprint density at radius 3 is 2.42 bits per heavy atom. The van der Waals surface area contributed by atoms with Crippen LogP contribution in [0.3, 0.4) is 0 Å². The highest BCUT2D eigenvalue weighted by Crippen LogP contribution is 2.28. The number of hydrogen-bond donors (Lipinski definition) is 0. The van der Waals surface area contributed by atoms with Crippen LogP contribution in [0, 0.1) is 6.92 Å². The van der Waals surface area contributed by atoms with Gasteiger partial charge >= 0.3 is 0 Å². The Balaban J connectivity index is 2.60. The van der Waals surface area contributed by atoms with E-state index in [1.165, 1.54) is 5.56 Å². The van der Waals surface area contributed by atoms with Crippen LogP contribution in [0.2, 0.25) is 5.02 Å². The van der Waals surface area contributed by atoms with Crippen molar-refractivity contribution in [1.29, 1.82) is 0 Å². The van der Waals surface area contributed by atoms with Crippen LogP contribution >= 0.6 is 11.6 Å². The predicted molar refractivity (Wildman–Crippen MR) is 80.8 cm³/mol. The van der Waals surface area contributed by atoms with Crippen LogP contribution in [0.5, 0.6) is 0 Å². The Hall–Kier alpha value is -1.80. The van der Waals surface area contributed by atoms with Gasteiger partial charge in [0.1, 0.15) is 7.11 Å². The predicted octanol–water partition coefficient (Wildman–Crippen LogP) is 4.69. The lowest BCUT2D eigenvalue weighted by molar-refractivity contribution is 0.213. The van der Waals surface area contributed by atoms with E-state index >= 15 is 0 Å². The summed E-state index contributed by atoms with van der Waals surface area (Å²) in [5, 5.41) is 4.79. The van der Waals surface area contributed by atoms with E-state index in [-0.39, 0.29) is 0 Å². The first-order chi connectivity index (χ1) is 9.13. The van der Waals surface area contributed by atoms with Crippen LogP contribution in [0.25, 0.3) is 11.1 Å². The van der Waals surface area contributed by atoms with Gasteiger partial charge in [-0.05, 0) is 42.7 Å². The van der Waals surface area contributed by atoms with Gasteiger partial charge in [0.25, 0.3) is 0 Å². The van der Waals surface area contributed by atoms with Gasteiger partial charge in [-0.25, -0.2) is 0 Å². The van der Waals surface area contributed by atoms with Gasteiger partial charge in [-0.15, -0.1) is 0 Å². The van der Waals surface area contributed by atoms with Gasteiger partial charge in [0.05, 0.1) is 5.71 Å². The van der Waals surface area contributed by atoms with Crippen molar-refractivity contribution in [3.8, 4) is 11.1 Å². The van der Waals surface area contributed by atoms with Crippen LogP contribution in [0.1, 0.15) is 18.1 Å². The van der Waals surface area contributed by atoms with Crippen LogP contribution in [-0.2, 0) is 4.84 Å². The molecule has 0 N–H and O–H groups in total. The number of halogens is 1. The van der Waals surface area contributed by atoms with E-state index in [0.717, 1.165) is 27.4 Å². The van der Waals surface area contributed by atoms with Gasteiger partial charge < -0.3 is 4.84 Å². The average molecular weight is 274 g/mol. The second-order valence-electron chi connectivity index (χ2n) is 4.36. The SMILES string of the molecule is CO/N=C(\C)c1c(C)cccc1-c1ccc(Cl)cc1. The van der Waals surface area contributed by atoms with Gasteiger partial charge in [0, 0.05) is 10.6 Å². The van der Waals surface area contributed by atoms with E-state index in [1.807, 2.05) is 37.3 Å². The van der Waals surface area contributed by atoms with Crippen molar-refractivity contribution in [2.75, 3.05) is 7.11 Å². The Morgan fingerprint density at radius 1 is 1.11 bits per heavy atom. The molecule has 0 spiro atoms. The maximum Gasteiger partial charge on any atom is 0.106 e. The number of rotatable bonds is 3. The van der Waals surface area contributed by atoms with Crippen molar-refractivity contribution in [2.24, 2.45) is 5.16 Å². The van der Waals surface area contributed by atoms with E-state index in [2.05, 4.69) is 24.2 Å². The molecule has 2 rings (SSSR count). The molecule has 19 heavy (non-hydrogen) atoms. The molecule has 3 heteroatoms. The van der Waals surface area contributed by atoms with Crippen molar-refractivity contribution in [1.82, 2.24) is 0 Å². The molecule has 0 heterocycles. The summed E-state index contributed by atoms with van der Waals surface area (Å²) in [7, 11) is 1.56. The summed E-state index contributed by atoms with van der Waals surface area (Å²) in [6, 6.07) is 14.0. The molecule has 0 atom stereocenters. The van der Waals surface area contributed by atoms with Crippen molar-refractivity contribution in [3.05, 3.63) is 58.6 Å². The lowest BCUT2D eigenvalue weighted by Gasteiger charge is -2.12. The quantitative estimate of drug-likeness (QED) is 0.587. The van der Waals surface area contributed by atoms with Gasteiger partial charge in [0.2, 0.25) is 0 Å². The van der Waals surface area contributed by atoms with E-state index in [4.69, 9.17) is 16.4 Å². The van der Waals surface area contributed by atoms with Crippen LogP contribution in [0.4, 0.5) is 0 Å². The third-order valence-electron chi connectivity index (χ3n) is 3.02. The Labute approximate surface area is 118 Å². The van der Waals surface area contributed by atoms with Crippen molar-refractivity contribution in [3.63, 3.8) is 0 Å². The number of oxime groups is 1. The Bertz CT molecular complexity index is 603. The molecule has 2 aromatic rings. The number of hydrogen-bond acceptors (Lipinski definition) is 2. The molecular formula is C16H16ClNO. The normalized spacial score (nSPS) is 11.5. The fourth-order valence-corrected chi connectivity index (χ4v) is 2.33. The van der Waals surface area contributed by atoms with Gasteiger partial charge in [-0.1, -0.05) is 47.1 Å². The first-order valence-corrected chi connectivity index (χ1v) is 6.45. The van der Waals surface area contributed by atoms with E-state index in [9.17, 15) is 0 Å². The van der Waals surface area contributed by atoms with E-state index < -0.39 is 0 Å². The largest absolute Gasteiger partial charge is 0.399 e. The summed E-state index contributed by atoms with van der Waals surface area (Å²) in [5.74, 6) is 0. The first-order valence-electron chi connectivity index (χ1n) is 6.07. The summed E-state index contributed by atoms with van der Waals surface area (Å²) >= 11 is 5.94. The Morgan fingerprint density at radius 2 is 1.79 bits per heavy atom. The number of aryl methyl sites for hydroxylation is 1. The first kappa shape index (κ1) is 13.6. The standard InChI is InChI=1S/C16H16ClNO/c1-11-5-4-6-15(16(11)12(2)18-19-3)13-7-9-14(17)10-8-13/h4-10H,1-3H3/b18-12+. The molecule has 0 aliphatic carbocycles. The molecule has 0 saturated carbocycles. The highest BCUT2D eigenvalue weighted by Gasteiger charge is 2.11. The van der Waals surface area contributed by atoms with Crippen LogP contribution in [0.15, 0.2) is 47.6 Å². The fraction of sp³-hybridized carbons (Fsp3) is 0.188. The molecule has 0 aliphatic rings. The summed E-state index contributed by atoms with van der Waals surface area (Å²) in [6.45, 7) is 4.02. The molecule has 98 valence electrons. The summed E-state index contributed by atoms with van der Waals surface area (Å²) in [4.78, 5) is 4.89. The lowest BCUT2D eigenvalue weighted by Crippen LogP contribution is -2.02. The zero-order chi connectivity index (χ0) is 13.8. The van der Waals surface area contributed by atoms with Crippen molar-refractivity contribution in [2.45, 2.75) is 13.8 Å². The monoisotopic (exact) mass is 273 g/mol. The second-order valence-corrected chi connectivity index (χ2v) is 4.80. The van der Waals surface area contributed by atoms with Gasteiger partial charge in [0.15, 0.2) is 0 Å². The molecular weight excluding hydrogens is 258 g/mol. The fourth-order valence-electron chi connectivity index (χ4n) is 2.20. The highest BCUT2D eigenvalue weighted by molar-refractivity contribution is 6.30. The average Bonchev–Trinajstić information content (AvgIpc) is 2.39. The third kappa shape index (κ3) is 2.96. The highest BCUT2D eigenvalue weighted by atomic mass is 35.5. The molecule has 0 amide bonds. The molecule has 0 unspecified atom stereocenters. The van der Waals surface area contributed by atoms with E-state index in [1.54, 1.807) is 7.11 Å². The molecule has 0 saturated heterocycles. The minimum atomic E-state index is 0.736. The minimum absolute atomic E-state index is 0.736. The van der Waals surface area contributed by atoms with Crippen molar-refractivity contribution < 1.29 is 4.84 Å². The second kappa shape index (κ2) is 5.89. The smallest absolute Gasteiger partial charge is 0.106 e. The van der Waals surface area contributed by atoms with Gasteiger partial charge in [-0.3, -0.25) is 0 Å². The summed E-state index contributed by atoms with van der Waals surface area (Å²) in [5.41, 5.74) is 5.40.